The van der Waals surface area contributed by atoms with Crippen LogP contribution in [0, 0.1) is 16.0 Å². The third-order valence-corrected chi connectivity index (χ3v) is 4.64. The van der Waals surface area contributed by atoms with Gasteiger partial charge in [0.25, 0.3) is 5.69 Å². The monoisotopic (exact) mass is 412 g/mol. The highest BCUT2D eigenvalue weighted by molar-refractivity contribution is 6.01. The number of benzene rings is 2. The van der Waals surface area contributed by atoms with E-state index in [1.165, 1.54) is 23.1 Å². The van der Waals surface area contributed by atoms with Gasteiger partial charge in [0.05, 0.1) is 17.4 Å². The maximum atomic E-state index is 12.3. The van der Waals surface area contributed by atoms with Gasteiger partial charge in [0.15, 0.2) is 6.61 Å². The molecule has 3 rings (SSSR count). The van der Waals surface area contributed by atoms with Crippen LogP contribution in [0.4, 0.5) is 11.4 Å². The molecule has 2 aromatic rings. The molecule has 1 saturated heterocycles. The van der Waals surface area contributed by atoms with E-state index in [4.69, 9.17) is 9.47 Å². The molecule has 30 heavy (non-hydrogen) atoms. The molecule has 0 spiro atoms. The van der Waals surface area contributed by atoms with Crippen LogP contribution in [-0.4, -0.2) is 42.3 Å². The standard InChI is InChI=1S/C21H20N2O7/c1-2-29-18-8-6-16(7-9-18)22-12-15(11-20(22)25)21(26)30-13-19(24)14-4-3-5-17(10-14)23(27)28/h3-10,15H,2,11-13H2,1H3/t15-/m1/s1. The van der Waals surface area contributed by atoms with Gasteiger partial charge in [-0.05, 0) is 31.2 Å². The summed E-state index contributed by atoms with van der Waals surface area (Å²) in [4.78, 5) is 48.5. The number of carbonyl (C=O) groups excluding carboxylic acids is 3. The highest BCUT2D eigenvalue weighted by atomic mass is 16.6. The molecule has 1 atom stereocenters. The molecular formula is C21H20N2O7. The van der Waals surface area contributed by atoms with Gasteiger partial charge in [0, 0.05) is 36.3 Å². The van der Waals surface area contributed by atoms with E-state index in [1.54, 1.807) is 24.3 Å². The van der Waals surface area contributed by atoms with E-state index in [0.29, 0.717) is 18.0 Å². The molecule has 1 aliphatic rings. The molecule has 1 fully saturated rings. The van der Waals surface area contributed by atoms with Crippen LogP contribution in [0.15, 0.2) is 48.5 Å². The lowest BCUT2D eigenvalue weighted by molar-refractivity contribution is -0.384. The second-order valence-corrected chi connectivity index (χ2v) is 6.67. The molecular weight excluding hydrogens is 392 g/mol. The zero-order chi connectivity index (χ0) is 21.7. The molecule has 0 saturated carbocycles. The summed E-state index contributed by atoms with van der Waals surface area (Å²) in [5.74, 6) is -1.44. The normalized spacial score (nSPS) is 15.7. The summed E-state index contributed by atoms with van der Waals surface area (Å²) < 4.78 is 10.4. The Hall–Kier alpha value is -3.75. The van der Waals surface area contributed by atoms with Crippen molar-refractivity contribution in [2.45, 2.75) is 13.3 Å². The van der Waals surface area contributed by atoms with Crippen molar-refractivity contribution in [2.75, 3.05) is 24.7 Å². The third kappa shape index (κ3) is 4.80. The Morgan fingerprint density at radius 3 is 2.60 bits per heavy atom. The Kier molecular flexibility index (Phi) is 6.41. The molecule has 0 unspecified atom stereocenters. The van der Waals surface area contributed by atoms with Crippen molar-refractivity contribution in [1.82, 2.24) is 0 Å². The predicted molar refractivity (Wildman–Crippen MR) is 106 cm³/mol. The molecule has 0 aliphatic carbocycles. The Balaban J connectivity index is 1.57. The fraction of sp³-hybridized carbons (Fsp3) is 0.286. The molecule has 1 aliphatic heterocycles. The number of ether oxygens (including phenoxy) is 2. The van der Waals surface area contributed by atoms with E-state index < -0.39 is 29.2 Å². The first-order valence-corrected chi connectivity index (χ1v) is 9.36. The molecule has 0 bridgehead atoms. The summed E-state index contributed by atoms with van der Waals surface area (Å²) in [5.41, 5.74) is 0.501. The summed E-state index contributed by atoms with van der Waals surface area (Å²) in [6.45, 7) is 2.01. The number of amides is 1. The number of esters is 1. The first-order valence-electron chi connectivity index (χ1n) is 9.36. The largest absolute Gasteiger partial charge is 0.494 e. The van der Waals surface area contributed by atoms with Crippen LogP contribution in [0.25, 0.3) is 0 Å². The van der Waals surface area contributed by atoms with Gasteiger partial charge in [-0.1, -0.05) is 12.1 Å². The van der Waals surface area contributed by atoms with Crippen LogP contribution in [0.3, 0.4) is 0 Å². The van der Waals surface area contributed by atoms with Gasteiger partial charge >= 0.3 is 5.97 Å². The Labute approximate surface area is 172 Å². The zero-order valence-electron chi connectivity index (χ0n) is 16.3. The molecule has 1 amide bonds. The smallest absolute Gasteiger partial charge is 0.311 e. The molecule has 9 heteroatoms. The summed E-state index contributed by atoms with van der Waals surface area (Å²) in [5, 5.41) is 10.8. The number of nitrogens with zero attached hydrogens (tertiary/aromatic N) is 2. The lowest BCUT2D eigenvalue weighted by atomic mass is 10.1. The number of ketones is 1. The van der Waals surface area contributed by atoms with Gasteiger partial charge in [-0.15, -0.1) is 0 Å². The van der Waals surface area contributed by atoms with Crippen molar-refractivity contribution in [3.8, 4) is 5.75 Å². The Morgan fingerprint density at radius 1 is 1.20 bits per heavy atom. The number of non-ortho nitro benzene ring substituents is 1. The average Bonchev–Trinajstić information content (AvgIpc) is 3.14. The van der Waals surface area contributed by atoms with Crippen LogP contribution < -0.4 is 9.64 Å². The van der Waals surface area contributed by atoms with Crippen molar-refractivity contribution in [2.24, 2.45) is 5.92 Å². The van der Waals surface area contributed by atoms with E-state index >= 15 is 0 Å². The minimum atomic E-state index is -0.693. The third-order valence-electron chi connectivity index (χ3n) is 4.64. The number of anilines is 1. The minimum absolute atomic E-state index is 0.0168. The molecule has 9 nitrogen and oxygen atoms in total. The van der Waals surface area contributed by atoms with E-state index in [-0.39, 0.29) is 30.1 Å². The van der Waals surface area contributed by atoms with E-state index in [0.717, 1.165) is 6.07 Å². The number of Topliss-reactive ketones (excluding diaryl/α,β-unsaturated/α-hetero) is 1. The molecule has 156 valence electrons. The first-order chi connectivity index (χ1) is 14.4. The zero-order valence-corrected chi connectivity index (χ0v) is 16.3. The number of carbonyl (C=O) groups is 3. The molecule has 0 N–H and O–H groups in total. The predicted octanol–water partition coefficient (Wildman–Crippen LogP) is 2.77. The minimum Gasteiger partial charge on any atom is -0.494 e. The van der Waals surface area contributed by atoms with Crippen molar-refractivity contribution in [3.63, 3.8) is 0 Å². The van der Waals surface area contributed by atoms with Gasteiger partial charge in [0.2, 0.25) is 11.7 Å². The molecule has 0 radical (unpaired) electrons. The van der Waals surface area contributed by atoms with Gasteiger partial charge in [-0.25, -0.2) is 0 Å². The lowest BCUT2D eigenvalue weighted by Crippen LogP contribution is -2.27. The number of hydrogen-bond donors (Lipinski definition) is 0. The second kappa shape index (κ2) is 9.17. The van der Waals surface area contributed by atoms with Crippen LogP contribution in [0.2, 0.25) is 0 Å². The maximum absolute atomic E-state index is 12.3. The summed E-state index contributed by atoms with van der Waals surface area (Å²) in [7, 11) is 0. The van der Waals surface area contributed by atoms with Crippen LogP contribution in [0.5, 0.6) is 5.75 Å². The van der Waals surface area contributed by atoms with E-state index in [2.05, 4.69) is 0 Å². The van der Waals surface area contributed by atoms with Gasteiger partial charge < -0.3 is 14.4 Å². The molecule has 0 aromatic heterocycles. The highest BCUT2D eigenvalue weighted by Gasteiger charge is 2.36. The number of hydrogen-bond acceptors (Lipinski definition) is 7. The Morgan fingerprint density at radius 2 is 1.93 bits per heavy atom. The maximum Gasteiger partial charge on any atom is 0.311 e. The number of rotatable bonds is 8. The van der Waals surface area contributed by atoms with Gasteiger partial charge in [-0.3, -0.25) is 24.5 Å². The number of nitro groups is 1. The van der Waals surface area contributed by atoms with Crippen LogP contribution in [-0.2, 0) is 14.3 Å². The van der Waals surface area contributed by atoms with Crippen molar-refractivity contribution in [3.05, 3.63) is 64.2 Å². The fourth-order valence-electron chi connectivity index (χ4n) is 3.13. The quantitative estimate of drug-likeness (QED) is 0.283. The van der Waals surface area contributed by atoms with Crippen molar-refractivity contribution in [1.29, 1.82) is 0 Å². The van der Waals surface area contributed by atoms with E-state index in [9.17, 15) is 24.5 Å². The SMILES string of the molecule is CCOc1ccc(N2C[C@H](C(=O)OCC(=O)c3cccc([N+](=O)[O-])c3)CC2=O)cc1. The van der Waals surface area contributed by atoms with Crippen LogP contribution >= 0.6 is 0 Å². The fourth-order valence-corrected chi connectivity index (χ4v) is 3.13. The molecule has 2 aromatic carbocycles. The highest BCUT2D eigenvalue weighted by Crippen LogP contribution is 2.27. The first kappa shape index (κ1) is 21.0. The van der Waals surface area contributed by atoms with Crippen molar-refractivity contribution >= 4 is 29.0 Å². The molecule has 1 heterocycles. The summed E-state index contributed by atoms with van der Waals surface area (Å²) >= 11 is 0. The van der Waals surface area contributed by atoms with Gasteiger partial charge in [0.1, 0.15) is 5.75 Å². The summed E-state index contributed by atoms with van der Waals surface area (Å²) in [6.07, 6.45) is -0.0168. The average molecular weight is 412 g/mol. The van der Waals surface area contributed by atoms with Crippen LogP contribution in [0.1, 0.15) is 23.7 Å². The second-order valence-electron chi connectivity index (χ2n) is 6.67. The van der Waals surface area contributed by atoms with Gasteiger partial charge in [-0.2, -0.15) is 0 Å². The topological polar surface area (TPSA) is 116 Å². The lowest BCUT2D eigenvalue weighted by Gasteiger charge is -2.17. The van der Waals surface area contributed by atoms with Crippen molar-refractivity contribution < 1.29 is 28.8 Å². The van der Waals surface area contributed by atoms with E-state index in [1.807, 2.05) is 6.92 Å². The number of nitro benzene ring substituents is 1. The Bertz CT molecular complexity index is 972. The summed E-state index contributed by atoms with van der Waals surface area (Å²) in [6, 6.07) is 12.2.